The summed E-state index contributed by atoms with van der Waals surface area (Å²) in [7, 11) is 0. The molecule has 1 aliphatic heterocycles. The summed E-state index contributed by atoms with van der Waals surface area (Å²) in [6, 6.07) is 5.39. The van der Waals surface area contributed by atoms with Crippen LogP contribution in [0.25, 0.3) is 0 Å². The fourth-order valence-corrected chi connectivity index (χ4v) is 2.79. The molecule has 9 nitrogen and oxygen atoms in total. The molecule has 10 heteroatoms. The van der Waals surface area contributed by atoms with E-state index in [1.807, 2.05) is 25.1 Å². The molecule has 0 radical (unpaired) electrons. The molecule has 0 bridgehead atoms. The third-order valence-electron chi connectivity index (χ3n) is 3.26. The average molecular weight is 348 g/mol. The van der Waals surface area contributed by atoms with Gasteiger partial charge in [0.05, 0.1) is 11.8 Å². The number of carbonyl (C=O) groups excluding carboxylic acids is 1. The number of ether oxygens (including phenoxy) is 2. The van der Waals surface area contributed by atoms with Crippen LogP contribution in [0.15, 0.2) is 23.4 Å². The molecule has 0 unspecified atom stereocenters. The molecule has 1 aromatic heterocycles. The fraction of sp³-hybridized carbons (Fsp3) is 0.286. The Labute approximate surface area is 142 Å². The minimum Gasteiger partial charge on any atom is -0.454 e. The lowest BCUT2D eigenvalue weighted by Crippen LogP contribution is -2.28. The highest BCUT2D eigenvalue weighted by molar-refractivity contribution is 7.99. The molecular formula is C14H16N6O3S. The highest BCUT2D eigenvalue weighted by Gasteiger charge is 2.17. The Kier molecular flexibility index (Phi) is 4.56. The van der Waals surface area contributed by atoms with E-state index >= 15 is 0 Å². The second kappa shape index (κ2) is 6.79. The average Bonchev–Trinajstić information content (AvgIpc) is 2.99. The van der Waals surface area contributed by atoms with Gasteiger partial charge in [0.15, 0.2) is 16.7 Å². The van der Waals surface area contributed by atoms with Crippen molar-refractivity contribution in [1.29, 1.82) is 0 Å². The molecule has 3 rings (SSSR count). The normalized spacial score (nSPS) is 13.5. The van der Waals surface area contributed by atoms with E-state index in [4.69, 9.17) is 20.9 Å². The molecule has 1 amide bonds. The number of thioether (sulfide) groups is 1. The molecule has 1 aromatic carbocycles. The van der Waals surface area contributed by atoms with Crippen LogP contribution >= 0.6 is 11.8 Å². The van der Waals surface area contributed by atoms with Crippen molar-refractivity contribution in [2.45, 2.75) is 18.1 Å². The topological polar surface area (TPSA) is 138 Å². The van der Waals surface area contributed by atoms with Crippen molar-refractivity contribution < 1.29 is 14.3 Å². The summed E-state index contributed by atoms with van der Waals surface area (Å²) in [5, 5.41) is 3.21. The zero-order valence-electron chi connectivity index (χ0n) is 12.9. The second-order valence-corrected chi connectivity index (χ2v) is 5.97. The van der Waals surface area contributed by atoms with Crippen molar-refractivity contribution in [2.75, 3.05) is 24.0 Å². The van der Waals surface area contributed by atoms with Gasteiger partial charge in [-0.05, 0) is 24.6 Å². The zero-order valence-corrected chi connectivity index (χ0v) is 13.7. The number of benzene rings is 1. The number of aromatic nitrogens is 3. The summed E-state index contributed by atoms with van der Waals surface area (Å²) >= 11 is 1.14. The predicted molar refractivity (Wildman–Crippen MR) is 88.5 cm³/mol. The third kappa shape index (κ3) is 3.77. The van der Waals surface area contributed by atoms with Crippen LogP contribution in [0.2, 0.25) is 0 Å². The second-order valence-electron chi connectivity index (χ2n) is 5.02. The van der Waals surface area contributed by atoms with E-state index < -0.39 is 0 Å². The number of amides is 1. The van der Waals surface area contributed by atoms with E-state index in [1.54, 1.807) is 0 Å². The molecule has 0 fully saturated rings. The summed E-state index contributed by atoms with van der Waals surface area (Å²) < 4.78 is 10.6. The molecule has 0 saturated carbocycles. The van der Waals surface area contributed by atoms with Crippen molar-refractivity contribution in [3.8, 4) is 11.5 Å². The van der Waals surface area contributed by atoms with Gasteiger partial charge in [-0.15, -0.1) is 0 Å². The van der Waals surface area contributed by atoms with Gasteiger partial charge in [-0.3, -0.25) is 4.79 Å². The van der Waals surface area contributed by atoms with Crippen LogP contribution in [-0.4, -0.2) is 33.4 Å². The van der Waals surface area contributed by atoms with Gasteiger partial charge < -0.3 is 26.3 Å². The Morgan fingerprint density at radius 1 is 1.25 bits per heavy atom. The van der Waals surface area contributed by atoms with Gasteiger partial charge in [-0.25, -0.2) is 0 Å². The largest absolute Gasteiger partial charge is 0.454 e. The van der Waals surface area contributed by atoms with E-state index in [-0.39, 0.29) is 36.4 Å². The van der Waals surface area contributed by atoms with Crippen molar-refractivity contribution in [2.24, 2.45) is 0 Å². The van der Waals surface area contributed by atoms with Crippen LogP contribution < -0.4 is 26.3 Å². The molecular weight excluding hydrogens is 332 g/mol. The van der Waals surface area contributed by atoms with Crippen LogP contribution in [0.5, 0.6) is 11.5 Å². The maximum Gasteiger partial charge on any atom is 0.231 e. The number of nitrogen functional groups attached to an aromatic ring is 2. The third-order valence-corrected chi connectivity index (χ3v) is 4.10. The minimum atomic E-state index is -0.180. The number of fused-ring (bicyclic) bond motifs is 1. The summed E-state index contributed by atoms with van der Waals surface area (Å²) in [6.45, 7) is 2.10. The summed E-state index contributed by atoms with van der Waals surface area (Å²) in [4.78, 5) is 23.6. The summed E-state index contributed by atoms with van der Waals surface area (Å²) in [6.07, 6.45) is 0. The highest BCUT2D eigenvalue weighted by atomic mass is 32.2. The van der Waals surface area contributed by atoms with Crippen molar-refractivity contribution in [1.82, 2.24) is 20.3 Å². The van der Waals surface area contributed by atoms with Gasteiger partial charge >= 0.3 is 0 Å². The summed E-state index contributed by atoms with van der Waals surface area (Å²) in [5.74, 6) is 1.41. The molecule has 126 valence electrons. The molecule has 1 atom stereocenters. The predicted octanol–water partition coefficient (Wildman–Crippen LogP) is 0.734. The molecule has 1 aliphatic rings. The van der Waals surface area contributed by atoms with E-state index in [0.717, 1.165) is 17.3 Å². The number of hydrogen-bond acceptors (Lipinski definition) is 9. The first-order valence-electron chi connectivity index (χ1n) is 7.10. The summed E-state index contributed by atoms with van der Waals surface area (Å²) in [5.41, 5.74) is 11.9. The van der Waals surface area contributed by atoms with Crippen LogP contribution in [-0.2, 0) is 4.79 Å². The van der Waals surface area contributed by atoms with Gasteiger partial charge in [-0.2, -0.15) is 15.0 Å². The molecule has 0 aliphatic carbocycles. The molecule has 24 heavy (non-hydrogen) atoms. The lowest BCUT2D eigenvalue weighted by molar-refractivity contribution is -0.119. The van der Waals surface area contributed by atoms with Crippen LogP contribution in [0.1, 0.15) is 18.5 Å². The molecule has 0 saturated heterocycles. The first kappa shape index (κ1) is 16.1. The van der Waals surface area contributed by atoms with Gasteiger partial charge in [0.2, 0.25) is 24.6 Å². The standard InChI is InChI=1S/C14H16N6O3S/c1-7(8-2-3-9-10(4-8)23-6-22-9)17-11(21)5-24-14-19-12(15)18-13(16)20-14/h2-4,7H,5-6H2,1H3,(H,17,21)(H4,15,16,18,19,20)/t7-/m0/s1. The Morgan fingerprint density at radius 3 is 2.71 bits per heavy atom. The first-order valence-corrected chi connectivity index (χ1v) is 8.08. The van der Waals surface area contributed by atoms with Crippen molar-refractivity contribution >= 4 is 29.6 Å². The van der Waals surface area contributed by atoms with Crippen molar-refractivity contribution in [3.63, 3.8) is 0 Å². The van der Waals surface area contributed by atoms with E-state index in [2.05, 4.69) is 20.3 Å². The van der Waals surface area contributed by atoms with E-state index in [0.29, 0.717) is 16.7 Å². The zero-order chi connectivity index (χ0) is 17.1. The lowest BCUT2D eigenvalue weighted by Gasteiger charge is -2.14. The Hall–Kier alpha value is -2.75. The Morgan fingerprint density at radius 2 is 1.96 bits per heavy atom. The quantitative estimate of drug-likeness (QED) is 0.667. The number of rotatable bonds is 5. The van der Waals surface area contributed by atoms with Gasteiger partial charge in [0.25, 0.3) is 0 Å². The minimum absolute atomic E-state index is 0.0270. The number of nitrogens with two attached hydrogens (primary N) is 2. The number of nitrogens with zero attached hydrogens (tertiary/aromatic N) is 3. The Bertz CT molecular complexity index is 752. The molecule has 2 aromatic rings. The number of hydrogen-bond donors (Lipinski definition) is 3. The van der Waals surface area contributed by atoms with Crippen molar-refractivity contribution in [3.05, 3.63) is 23.8 Å². The van der Waals surface area contributed by atoms with Gasteiger partial charge in [0, 0.05) is 0 Å². The highest BCUT2D eigenvalue weighted by Crippen LogP contribution is 2.34. The maximum absolute atomic E-state index is 12.1. The first-order chi connectivity index (χ1) is 11.5. The molecule has 0 spiro atoms. The van der Waals surface area contributed by atoms with Crippen LogP contribution in [0.4, 0.5) is 11.9 Å². The van der Waals surface area contributed by atoms with E-state index in [1.165, 1.54) is 0 Å². The van der Waals surface area contributed by atoms with Gasteiger partial charge in [0.1, 0.15) is 0 Å². The van der Waals surface area contributed by atoms with Crippen LogP contribution in [0.3, 0.4) is 0 Å². The smallest absolute Gasteiger partial charge is 0.231 e. The van der Waals surface area contributed by atoms with E-state index in [9.17, 15) is 4.79 Å². The van der Waals surface area contributed by atoms with Gasteiger partial charge in [-0.1, -0.05) is 17.8 Å². The Balaban J connectivity index is 1.56. The molecule has 5 N–H and O–H groups in total. The monoisotopic (exact) mass is 348 g/mol. The number of nitrogens with one attached hydrogen (secondary N) is 1. The molecule has 2 heterocycles. The SMILES string of the molecule is C[C@H](NC(=O)CSc1nc(N)nc(N)n1)c1ccc2c(c1)OCO2. The number of anilines is 2. The maximum atomic E-state index is 12.1. The fourth-order valence-electron chi connectivity index (χ4n) is 2.13. The van der Waals surface area contributed by atoms with Crippen LogP contribution in [0, 0.1) is 0 Å². The number of carbonyl (C=O) groups is 1. The lowest BCUT2D eigenvalue weighted by atomic mass is 10.1.